The first-order valence-electron chi connectivity index (χ1n) is 10.5. The number of carbonyl (C=O) groups is 3. The molecule has 0 aliphatic heterocycles. The highest BCUT2D eigenvalue weighted by molar-refractivity contribution is 7.81. The first-order chi connectivity index (χ1) is 14.9. The lowest BCUT2D eigenvalue weighted by atomic mass is 10.1. The minimum absolute atomic E-state index is 0.0186. The predicted octanol–water partition coefficient (Wildman–Crippen LogP) is 3.56. The van der Waals surface area contributed by atoms with Gasteiger partial charge in [-0.2, -0.15) is 12.6 Å². The van der Waals surface area contributed by atoms with Crippen LogP contribution in [0.25, 0.3) is 0 Å². The van der Waals surface area contributed by atoms with E-state index in [2.05, 4.69) is 17.9 Å². The Bertz CT molecular complexity index is 856. The molecular formula is C24H30N2O4S. The molecule has 2 N–H and O–H groups in total. The van der Waals surface area contributed by atoms with Crippen LogP contribution in [0.3, 0.4) is 0 Å². The van der Waals surface area contributed by atoms with Gasteiger partial charge in [-0.1, -0.05) is 55.8 Å². The zero-order valence-electron chi connectivity index (χ0n) is 17.8. The Morgan fingerprint density at radius 3 is 2.32 bits per heavy atom. The van der Waals surface area contributed by atoms with Crippen LogP contribution in [0, 0.1) is 0 Å². The lowest BCUT2D eigenvalue weighted by Gasteiger charge is -2.24. The van der Waals surface area contributed by atoms with Gasteiger partial charge in [-0.05, 0) is 36.1 Å². The number of nitrogens with zero attached hydrogens (tertiary/aromatic N) is 1. The maximum Gasteiger partial charge on any atom is 0.335 e. The van der Waals surface area contributed by atoms with E-state index in [-0.39, 0.29) is 17.4 Å². The van der Waals surface area contributed by atoms with Crippen molar-refractivity contribution in [2.24, 2.45) is 0 Å². The van der Waals surface area contributed by atoms with Gasteiger partial charge in [-0.25, -0.2) is 4.79 Å². The second-order valence-corrected chi connectivity index (χ2v) is 8.04. The van der Waals surface area contributed by atoms with Crippen LogP contribution in [-0.4, -0.2) is 46.1 Å². The van der Waals surface area contributed by atoms with Crippen LogP contribution < -0.4 is 5.32 Å². The molecule has 0 spiro atoms. The number of nitrogens with one attached hydrogen (secondary N) is 1. The number of carboxylic acid groups (broad SMARTS) is 1. The first-order valence-corrected chi connectivity index (χ1v) is 11.0. The second kappa shape index (κ2) is 12.8. The average Bonchev–Trinajstić information content (AvgIpc) is 2.77. The van der Waals surface area contributed by atoms with Crippen LogP contribution in [0.4, 0.5) is 0 Å². The molecule has 2 aromatic rings. The number of hydrogen-bond donors (Lipinski definition) is 3. The second-order valence-electron chi connectivity index (χ2n) is 7.42. The van der Waals surface area contributed by atoms with Crippen molar-refractivity contribution in [3.8, 4) is 0 Å². The van der Waals surface area contributed by atoms with E-state index in [1.807, 2.05) is 37.3 Å². The average molecular weight is 443 g/mol. The fourth-order valence-electron chi connectivity index (χ4n) is 3.11. The summed E-state index contributed by atoms with van der Waals surface area (Å²) in [5.74, 6) is -1.13. The summed E-state index contributed by atoms with van der Waals surface area (Å²) in [5, 5.41) is 11.4. The van der Waals surface area contributed by atoms with Gasteiger partial charge in [0, 0.05) is 26.1 Å². The number of carbonyl (C=O) groups excluding carboxylic acids is 2. The number of amides is 2. The summed E-state index contributed by atoms with van der Waals surface area (Å²) in [4.78, 5) is 37.8. The molecule has 0 aromatic heterocycles. The third-order valence-electron chi connectivity index (χ3n) is 4.93. The van der Waals surface area contributed by atoms with E-state index in [0.29, 0.717) is 32.5 Å². The third-order valence-corrected chi connectivity index (χ3v) is 5.34. The molecule has 2 aromatic carbocycles. The highest BCUT2D eigenvalue weighted by Crippen LogP contribution is 2.11. The van der Waals surface area contributed by atoms with E-state index in [1.165, 1.54) is 12.1 Å². The molecule has 7 heteroatoms. The van der Waals surface area contributed by atoms with Gasteiger partial charge in [0.05, 0.1) is 10.8 Å². The third kappa shape index (κ3) is 8.45. The highest BCUT2D eigenvalue weighted by atomic mass is 32.1. The van der Waals surface area contributed by atoms with Gasteiger partial charge in [0.2, 0.25) is 11.8 Å². The van der Waals surface area contributed by atoms with Crippen molar-refractivity contribution in [3.05, 3.63) is 71.3 Å². The van der Waals surface area contributed by atoms with Crippen molar-refractivity contribution in [1.82, 2.24) is 10.2 Å². The van der Waals surface area contributed by atoms with Gasteiger partial charge < -0.3 is 15.3 Å². The smallest absolute Gasteiger partial charge is 0.335 e. The quantitative estimate of drug-likeness (QED) is 0.439. The maximum atomic E-state index is 12.6. The molecule has 0 radical (unpaired) electrons. The van der Waals surface area contributed by atoms with Crippen LogP contribution in [0.5, 0.6) is 0 Å². The minimum atomic E-state index is -0.984. The van der Waals surface area contributed by atoms with Crippen molar-refractivity contribution in [2.45, 2.75) is 44.4 Å². The number of rotatable bonds is 12. The van der Waals surface area contributed by atoms with Gasteiger partial charge in [-0.3, -0.25) is 9.59 Å². The molecule has 0 heterocycles. The summed E-state index contributed by atoms with van der Waals surface area (Å²) in [7, 11) is 0. The fraction of sp³-hybridized carbons (Fsp3) is 0.375. The number of aromatic carboxylic acids is 1. The molecule has 0 saturated carbocycles. The van der Waals surface area contributed by atoms with Gasteiger partial charge in [0.15, 0.2) is 0 Å². The fourth-order valence-corrected chi connectivity index (χ4v) is 3.42. The topological polar surface area (TPSA) is 86.7 Å². The van der Waals surface area contributed by atoms with E-state index >= 15 is 0 Å². The molecule has 0 saturated heterocycles. The van der Waals surface area contributed by atoms with Crippen molar-refractivity contribution in [1.29, 1.82) is 0 Å². The molecule has 0 bridgehead atoms. The summed E-state index contributed by atoms with van der Waals surface area (Å²) < 4.78 is 0. The van der Waals surface area contributed by atoms with Crippen LogP contribution in [0.2, 0.25) is 0 Å². The van der Waals surface area contributed by atoms with Crippen LogP contribution in [0.1, 0.15) is 47.7 Å². The highest BCUT2D eigenvalue weighted by Gasteiger charge is 2.17. The monoisotopic (exact) mass is 442 g/mol. The Kier molecular flexibility index (Phi) is 10.1. The summed E-state index contributed by atoms with van der Waals surface area (Å²) in [6, 6.07) is 16.2. The number of thiol groups is 1. The molecule has 0 aliphatic carbocycles. The Labute approximate surface area is 189 Å². The van der Waals surface area contributed by atoms with Crippen molar-refractivity contribution >= 4 is 30.4 Å². The van der Waals surface area contributed by atoms with Crippen LogP contribution >= 0.6 is 12.6 Å². The van der Waals surface area contributed by atoms with Crippen molar-refractivity contribution in [3.63, 3.8) is 0 Å². The number of hydrogen-bond acceptors (Lipinski definition) is 4. The van der Waals surface area contributed by atoms with E-state index in [1.54, 1.807) is 17.0 Å². The summed E-state index contributed by atoms with van der Waals surface area (Å²) in [5.41, 5.74) is 2.09. The Morgan fingerprint density at radius 2 is 1.71 bits per heavy atom. The maximum absolute atomic E-state index is 12.6. The summed E-state index contributed by atoms with van der Waals surface area (Å²) in [6.45, 7) is 3.10. The molecule has 2 amide bonds. The number of unbranched alkanes of at least 4 members (excludes halogenated alkanes) is 1. The molecule has 166 valence electrons. The number of carboxylic acids is 1. The zero-order valence-corrected chi connectivity index (χ0v) is 18.7. The Hall–Kier alpha value is -2.80. The molecule has 1 atom stereocenters. The predicted molar refractivity (Wildman–Crippen MR) is 124 cm³/mol. The van der Waals surface area contributed by atoms with Gasteiger partial charge >= 0.3 is 5.97 Å². The van der Waals surface area contributed by atoms with Gasteiger partial charge in [0.1, 0.15) is 0 Å². The van der Waals surface area contributed by atoms with Gasteiger partial charge in [0.25, 0.3) is 0 Å². The van der Waals surface area contributed by atoms with Crippen LogP contribution in [-0.2, 0) is 22.6 Å². The summed E-state index contributed by atoms with van der Waals surface area (Å²) in [6.07, 6.45) is 2.70. The van der Waals surface area contributed by atoms with Crippen LogP contribution in [0.15, 0.2) is 54.6 Å². The molecule has 31 heavy (non-hydrogen) atoms. The van der Waals surface area contributed by atoms with E-state index in [4.69, 9.17) is 5.11 Å². The summed E-state index contributed by atoms with van der Waals surface area (Å²) >= 11 is 4.41. The SMILES string of the molecule is CCCCC(=O)N(CCNC(=O)[C@@H](S)Cc1ccccc1)Cc1ccc(C(=O)O)cc1. The normalized spacial score (nSPS) is 11.5. The minimum Gasteiger partial charge on any atom is -0.478 e. The largest absolute Gasteiger partial charge is 0.478 e. The molecule has 2 rings (SSSR count). The lowest BCUT2D eigenvalue weighted by Crippen LogP contribution is -2.40. The molecule has 0 fully saturated rings. The van der Waals surface area contributed by atoms with E-state index < -0.39 is 11.2 Å². The number of benzene rings is 2. The van der Waals surface area contributed by atoms with E-state index in [9.17, 15) is 14.4 Å². The van der Waals surface area contributed by atoms with E-state index in [0.717, 1.165) is 24.0 Å². The standard InChI is InChI=1S/C24H30N2O4S/c1-2-3-9-22(27)26(17-19-10-12-20(13-11-19)24(29)30)15-14-25-23(28)21(31)16-18-7-5-4-6-8-18/h4-8,10-13,21,31H,2-3,9,14-17H2,1H3,(H,25,28)(H,29,30)/t21-/m0/s1. The lowest BCUT2D eigenvalue weighted by molar-refractivity contribution is -0.132. The van der Waals surface area contributed by atoms with Crippen molar-refractivity contribution < 1.29 is 19.5 Å². The molecule has 0 aliphatic rings. The Morgan fingerprint density at radius 1 is 1.03 bits per heavy atom. The molecular weight excluding hydrogens is 412 g/mol. The first kappa shape index (κ1) is 24.5. The Balaban J connectivity index is 1.91. The van der Waals surface area contributed by atoms with Gasteiger partial charge in [-0.15, -0.1) is 0 Å². The molecule has 6 nitrogen and oxygen atoms in total. The molecule has 0 unspecified atom stereocenters. The zero-order chi connectivity index (χ0) is 22.6. The van der Waals surface area contributed by atoms with Crippen molar-refractivity contribution in [2.75, 3.05) is 13.1 Å².